The Labute approximate surface area is 164 Å². The van der Waals surface area contributed by atoms with Crippen LogP contribution in [0.2, 0.25) is 0 Å². The lowest BCUT2D eigenvalue weighted by Gasteiger charge is -2.51. The van der Waals surface area contributed by atoms with E-state index in [0.717, 1.165) is 36.8 Å². The molecular weight excluding hydrogens is 356 g/mol. The molecular formula is C23H23F2N3. The fourth-order valence-electron chi connectivity index (χ4n) is 5.79. The summed E-state index contributed by atoms with van der Waals surface area (Å²) < 4.78 is 27.9. The first-order valence-corrected chi connectivity index (χ1v) is 10.1. The van der Waals surface area contributed by atoms with Gasteiger partial charge in [-0.2, -0.15) is 5.26 Å². The second kappa shape index (κ2) is 6.95. The Morgan fingerprint density at radius 2 is 1.71 bits per heavy atom. The maximum absolute atomic E-state index is 13.9. The summed E-state index contributed by atoms with van der Waals surface area (Å²) in [4.78, 5) is 4.98. The number of hydrogen-bond donors (Lipinski definition) is 0. The molecule has 5 heteroatoms. The zero-order valence-corrected chi connectivity index (χ0v) is 15.7. The first-order valence-electron chi connectivity index (χ1n) is 10.1. The Morgan fingerprint density at radius 1 is 1.00 bits per heavy atom. The van der Waals surface area contributed by atoms with Crippen molar-refractivity contribution in [1.82, 2.24) is 9.80 Å². The first-order chi connectivity index (χ1) is 13.6. The second-order valence-corrected chi connectivity index (χ2v) is 8.36. The molecule has 0 saturated carbocycles. The molecule has 0 aromatic heterocycles. The van der Waals surface area contributed by atoms with Crippen LogP contribution in [0.3, 0.4) is 0 Å². The summed E-state index contributed by atoms with van der Waals surface area (Å²) in [6, 6.07) is 14.7. The molecule has 4 aliphatic rings. The molecule has 3 atom stereocenters. The topological polar surface area (TPSA) is 30.3 Å². The molecule has 6 rings (SSSR count). The Bertz CT molecular complexity index is 909. The molecule has 0 unspecified atom stereocenters. The van der Waals surface area contributed by atoms with Crippen LogP contribution in [0.15, 0.2) is 42.5 Å². The highest BCUT2D eigenvalue weighted by Gasteiger charge is 2.53. The minimum absolute atomic E-state index is 0.0903. The summed E-state index contributed by atoms with van der Waals surface area (Å²) in [5, 5.41) is 9.46. The van der Waals surface area contributed by atoms with E-state index < -0.39 is 11.6 Å². The molecule has 28 heavy (non-hydrogen) atoms. The van der Waals surface area contributed by atoms with Gasteiger partial charge in [0.15, 0.2) is 0 Å². The van der Waals surface area contributed by atoms with Gasteiger partial charge in [-0.3, -0.25) is 9.80 Å². The van der Waals surface area contributed by atoms with Crippen molar-refractivity contribution >= 4 is 0 Å². The van der Waals surface area contributed by atoms with Gasteiger partial charge in [-0.25, -0.2) is 8.78 Å². The lowest BCUT2D eigenvalue weighted by Crippen LogP contribution is -2.60. The second-order valence-electron chi connectivity index (χ2n) is 8.36. The third kappa shape index (κ3) is 2.92. The van der Waals surface area contributed by atoms with Crippen molar-refractivity contribution in [3.05, 3.63) is 70.8 Å². The SMILES string of the molecule is N#Cc1ccccc1CN1C[C@H](c2cc(F)cc(F)c2)[C@@H]2[C@H]1C1CCN2CC1. The predicted octanol–water partition coefficient (Wildman–Crippen LogP) is 3.90. The fourth-order valence-corrected chi connectivity index (χ4v) is 5.79. The number of rotatable bonds is 3. The molecule has 3 nitrogen and oxygen atoms in total. The summed E-state index contributed by atoms with van der Waals surface area (Å²) in [5.41, 5.74) is 2.50. The van der Waals surface area contributed by atoms with Crippen molar-refractivity contribution in [2.45, 2.75) is 37.4 Å². The van der Waals surface area contributed by atoms with Gasteiger partial charge in [-0.05, 0) is 61.2 Å². The van der Waals surface area contributed by atoms with Gasteiger partial charge in [-0.15, -0.1) is 0 Å². The van der Waals surface area contributed by atoms with Crippen molar-refractivity contribution in [1.29, 1.82) is 5.26 Å². The van der Waals surface area contributed by atoms with Crippen LogP contribution in [0.5, 0.6) is 0 Å². The van der Waals surface area contributed by atoms with Crippen LogP contribution in [0, 0.1) is 28.9 Å². The largest absolute Gasteiger partial charge is 0.298 e. The highest BCUT2D eigenvalue weighted by molar-refractivity contribution is 5.38. The number of nitriles is 1. The number of nitrogens with zero attached hydrogens (tertiary/aromatic N) is 3. The van der Waals surface area contributed by atoms with E-state index in [9.17, 15) is 14.0 Å². The standard InChI is InChI=1S/C23H23F2N3/c24-19-9-18(10-20(25)11-19)21-14-28(13-17-4-2-1-3-16(17)12-26)22-15-5-7-27(8-6-15)23(21)22/h1-4,9-11,15,21-23H,5-8,13-14H2/t21-,22-,23-/m1/s1. The van der Waals surface area contributed by atoms with E-state index >= 15 is 0 Å². The lowest BCUT2D eigenvalue weighted by molar-refractivity contribution is -0.00873. The van der Waals surface area contributed by atoms with Crippen molar-refractivity contribution in [2.24, 2.45) is 5.92 Å². The normalized spacial score (nSPS) is 31.5. The molecule has 2 aromatic rings. The zero-order valence-electron chi connectivity index (χ0n) is 15.7. The number of hydrogen-bond acceptors (Lipinski definition) is 3. The van der Waals surface area contributed by atoms with Crippen LogP contribution in [-0.4, -0.2) is 41.5 Å². The van der Waals surface area contributed by atoms with Crippen LogP contribution in [0.4, 0.5) is 8.78 Å². The average Bonchev–Trinajstić information content (AvgIpc) is 3.10. The number of likely N-dealkylation sites (tertiary alicyclic amines) is 1. The van der Waals surface area contributed by atoms with Gasteiger partial charge in [0.2, 0.25) is 0 Å². The molecule has 4 heterocycles. The predicted molar refractivity (Wildman–Crippen MR) is 103 cm³/mol. The molecule has 0 aliphatic carbocycles. The van der Waals surface area contributed by atoms with Crippen molar-refractivity contribution < 1.29 is 8.78 Å². The fraction of sp³-hybridized carbons (Fsp3) is 0.435. The molecule has 4 fully saturated rings. The molecule has 0 N–H and O–H groups in total. The maximum atomic E-state index is 13.9. The third-order valence-electron chi connectivity index (χ3n) is 6.92. The van der Waals surface area contributed by atoms with Crippen LogP contribution in [-0.2, 0) is 6.54 Å². The summed E-state index contributed by atoms with van der Waals surface area (Å²) in [7, 11) is 0. The van der Waals surface area contributed by atoms with E-state index in [4.69, 9.17) is 0 Å². The quantitative estimate of drug-likeness (QED) is 0.810. The molecule has 144 valence electrons. The van der Waals surface area contributed by atoms with Crippen LogP contribution >= 0.6 is 0 Å². The van der Waals surface area contributed by atoms with Crippen LogP contribution in [0.1, 0.15) is 35.4 Å². The summed E-state index contributed by atoms with van der Waals surface area (Å²) in [6.45, 7) is 3.63. The Kier molecular flexibility index (Phi) is 4.41. The summed E-state index contributed by atoms with van der Waals surface area (Å²) in [6.07, 6.45) is 2.36. The highest BCUT2D eigenvalue weighted by Crippen LogP contribution is 2.47. The van der Waals surface area contributed by atoms with E-state index in [2.05, 4.69) is 15.9 Å². The monoisotopic (exact) mass is 379 g/mol. The molecule has 2 bridgehead atoms. The first kappa shape index (κ1) is 17.8. The Morgan fingerprint density at radius 3 is 2.43 bits per heavy atom. The van der Waals surface area contributed by atoms with Gasteiger partial charge in [-0.1, -0.05) is 18.2 Å². The Balaban J connectivity index is 1.51. The van der Waals surface area contributed by atoms with Crippen LogP contribution in [0.25, 0.3) is 0 Å². The van der Waals surface area contributed by atoms with Gasteiger partial charge in [0.25, 0.3) is 0 Å². The number of fused-ring (bicyclic) bond motifs is 2. The van der Waals surface area contributed by atoms with E-state index in [1.165, 1.54) is 25.0 Å². The molecule has 4 aliphatic heterocycles. The molecule has 0 amide bonds. The minimum atomic E-state index is -0.504. The molecule has 0 radical (unpaired) electrons. The average molecular weight is 379 g/mol. The van der Waals surface area contributed by atoms with Crippen molar-refractivity contribution in [2.75, 3.05) is 19.6 Å². The van der Waals surface area contributed by atoms with E-state index in [0.29, 0.717) is 30.1 Å². The third-order valence-corrected chi connectivity index (χ3v) is 6.92. The molecule has 0 spiro atoms. The number of benzene rings is 2. The van der Waals surface area contributed by atoms with Gasteiger partial charge >= 0.3 is 0 Å². The summed E-state index contributed by atoms with van der Waals surface area (Å²) >= 11 is 0. The smallest absolute Gasteiger partial charge is 0.126 e. The van der Waals surface area contributed by atoms with Crippen LogP contribution < -0.4 is 0 Å². The van der Waals surface area contributed by atoms with E-state index in [1.807, 2.05) is 24.3 Å². The van der Waals surface area contributed by atoms with Crippen molar-refractivity contribution in [3.8, 4) is 6.07 Å². The highest BCUT2D eigenvalue weighted by atomic mass is 19.1. The van der Waals surface area contributed by atoms with E-state index in [1.54, 1.807) is 0 Å². The summed E-state index contributed by atoms with van der Waals surface area (Å²) in [5.74, 6) is -0.299. The van der Waals surface area contributed by atoms with Crippen molar-refractivity contribution in [3.63, 3.8) is 0 Å². The minimum Gasteiger partial charge on any atom is -0.298 e. The lowest BCUT2D eigenvalue weighted by atomic mass is 9.75. The molecule has 4 saturated heterocycles. The van der Waals surface area contributed by atoms with Gasteiger partial charge < -0.3 is 0 Å². The van der Waals surface area contributed by atoms with Gasteiger partial charge in [0, 0.05) is 37.2 Å². The number of piperidine rings is 3. The number of halogens is 2. The molecule has 2 aromatic carbocycles. The maximum Gasteiger partial charge on any atom is 0.126 e. The van der Waals surface area contributed by atoms with Gasteiger partial charge in [0.05, 0.1) is 11.6 Å². The Hall–Kier alpha value is -2.29. The zero-order chi connectivity index (χ0) is 19.3. The van der Waals surface area contributed by atoms with Gasteiger partial charge in [0.1, 0.15) is 11.6 Å². The van der Waals surface area contributed by atoms with E-state index in [-0.39, 0.29) is 5.92 Å².